The van der Waals surface area contributed by atoms with Crippen molar-refractivity contribution in [2.75, 3.05) is 60.9 Å². The van der Waals surface area contributed by atoms with Gasteiger partial charge in [0.05, 0.1) is 5.69 Å². The van der Waals surface area contributed by atoms with Crippen LogP contribution in [-0.2, 0) is 4.79 Å². The average Bonchev–Trinajstić information content (AvgIpc) is 2.87. The van der Waals surface area contributed by atoms with Crippen LogP contribution in [0.15, 0.2) is 36.7 Å². The van der Waals surface area contributed by atoms with Gasteiger partial charge in [0.1, 0.15) is 23.8 Å². The van der Waals surface area contributed by atoms with E-state index < -0.39 is 0 Å². The summed E-state index contributed by atoms with van der Waals surface area (Å²) < 4.78 is 14.1. The zero-order valence-electron chi connectivity index (χ0n) is 19.5. The van der Waals surface area contributed by atoms with Gasteiger partial charge in [-0.1, -0.05) is 19.1 Å². The largest absolute Gasteiger partial charge is 0.370 e. The molecule has 0 spiro atoms. The first-order chi connectivity index (χ1) is 16.1. The minimum absolute atomic E-state index is 0.198. The molecule has 8 heteroatoms. The SMILES string of the molecule is CCCNc1cc(N2CCCC(CCC(=O)N3CCN(c4ccccc4F)CC3)C2)ncn1. The highest BCUT2D eigenvalue weighted by Gasteiger charge is 2.25. The number of anilines is 3. The molecule has 2 aromatic rings. The predicted molar refractivity (Wildman–Crippen MR) is 130 cm³/mol. The molecular formula is C25H35FN6O. The highest BCUT2D eigenvalue weighted by Crippen LogP contribution is 2.26. The van der Waals surface area contributed by atoms with Crippen molar-refractivity contribution in [2.24, 2.45) is 5.92 Å². The van der Waals surface area contributed by atoms with Crippen LogP contribution in [0.2, 0.25) is 0 Å². The summed E-state index contributed by atoms with van der Waals surface area (Å²) in [6, 6.07) is 8.89. The maximum absolute atomic E-state index is 14.1. The number of piperidine rings is 1. The quantitative estimate of drug-likeness (QED) is 0.655. The zero-order valence-corrected chi connectivity index (χ0v) is 19.5. The van der Waals surface area contributed by atoms with Gasteiger partial charge in [-0.15, -0.1) is 0 Å². The number of amides is 1. The molecule has 1 amide bonds. The molecule has 0 saturated carbocycles. The third-order valence-electron chi connectivity index (χ3n) is 6.64. The summed E-state index contributed by atoms with van der Waals surface area (Å²) in [7, 11) is 0. The third kappa shape index (κ3) is 6.12. The second kappa shape index (κ2) is 11.3. The highest BCUT2D eigenvalue weighted by atomic mass is 19.1. The van der Waals surface area contributed by atoms with E-state index in [9.17, 15) is 9.18 Å². The molecule has 0 radical (unpaired) electrons. The zero-order chi connectivity index (χ0) is 23.0. The number of aromatic nitrogens is 2. The van der Waals surface area contributed by atoms with Gasteiger partial charge in [0.2, 0.25) is 5.91 Å². The van der Waals surface area contributed by atoms with Gasteiger partial charge in [0, 0.05) is 58.3 Å². The Balaban J connectivity index is 1.24. The van der Waals surface area contributed by atoms with Crippen molar-refractivity contribution in [2.45, 2.75) is 39.0 Å². The summed E-state index contributed by atoms with van der Waals surface area (Å²) in [5.41, 5.74) is 0.629. The molecule has 1 atom stereocenters. The molecule has 2 aliphatic heterocycles. The van der Waals surface area contributed by atoms with E-state index in [4.69, 9.17) is 0 Å². The lowest BCUT2D eigenvalue weighted by Gasteiger charge is -2.37. The van der Waals surface area contributed by atoms with Crippen molar-refractivity contribution in [3.8, 4) is 0 Å². The first kappa shape index (κ1) is 23.3. The summed E-state index contributed by atoms with van der Waals surface area (Å²) >= 11 is 0. The fraction of sp³-hybridized carbons (Fsp3) is 0.560. The Labute approximate surface area is 196 Å². The van der Waals surface area contributed by atoms with Crippen molar-refractivity contribution >= 4 is 23.2 Å². The smallest absolute Gasteiger partial charge is 0.222 e. The van der Waals surface area contributed by atoms with Gasteiger partial charge in [-0.25, -0.2) is 14.4 Å². The van der Waals surface area contributed by atoms with E-state index in [1.54, 1.807) is 12.4 Å². The molecule has 33 heavy (non-hydrogen) atoms. The molecule has 1 unspecified atom stereocenters. The van der Waals surface area contributed by atoms with Gasteiger partial charge in [-0.05, 0) is 43.7 Å². The fourth-order valence-corrected chi connectivity index (χ4v) is 4.77. The number of carbonyl (C=O) groups excluding carboxylic acids is 1. The molecular weight excluding hydrogens is 419 g/mol. The van der Waals surface area contributed by atoms with E-state index in [-0.39, 0.29) is 11.7 Å². The van der Waals surface area contributed by atoms with Crippen LogP contribution in [0.3, 0.4) is 0 Å². The van der Waals surface area contributed by atoms with Crippen LogP contribution in [0.4, 0.5) is 21.7 Å². The monoisotopic (exact) mass is 454 g/mol. The number of rotatable bonds is 8. The van der Waals surface area contributed by atoms with E-state index >= 15 is 0 Å². The van der Waals surface area contributed by atoms with E-state index in [0.29, 0.717) is 44.2 Å². The molecule has 3 heterocycles. The van der Waals surface area contributed by atoms with Crippen LogP contribution >= 0.6 is 0 Å². The van der Waals surface area contributed by atoms with Gasteiger partial charge in [-0.2, -0.15) is 0 Å². The van der Waals surface area contributed by atoms with Gasteiger partial charge >= 0.3 is 0 Å². The molecule has 2 aliphatic rings. The van der Waals surface area contributed by atoms with E-state index in [1.165, 1.54) is 6.07 Å². The number of hydrogen-bond acceptors (Lipinski definition) is 6. The standard InChI is InChI=1S/C25H35FN6O/c1-2-11-27-23-17-24(29-19-28-23)32-12-5-6-20(18-32)9-10-25(33)31-15-13-30(14-16-31)22-8-4-3-7-21(22)26/h3-4,7-8,17,19-20H,2,5-6,9-16,18H2,1H3,(H,27,28,29). The lowest BCUT2D eigenvalue weighted by Crippen LogP contribution is -2.49. The first-order valence-electron chi connectivity index (χ1n) is 12.2. The maximum Gasteiger partial charge on any atom is 0.222 e. The Morgan fingerprint density at radius 2 is 1.94 bits per heavy atom. The van der Waals surface area contributed by atoms with Crippen LogP contribution in [0.25, 0.3) is 0 Å². The van der Waals surface area contributed by atoms with Crippen molar-refractivity contribution in [1.82, 2.24) is 14.9 Å². The average molecular weight is 455 g/mol. The van der Waals surface area contributed by atoms with E-state index in [2.05, 4.69) is 27.1 Å². The topological polar surface area (TPSA) is 64.6 Å². The molecule has 2 fully saturated rings. The number of halogens is 1. The Kier molecular flexibility index (Phi) is 7.96. The van der Waals surface area contributed by atoms with Crippen LogP contribution < -0.4 is 15.1 Å². The molecule has 1 N–H and O–H groups in total. The van der Waals surface area contributed by atoms with Gasteiger partial charge < -0.3 is 20.0 Å². The number of nitrogens with one attached hydrogen (secondary N) is 1. The molecule has 2 saturated heterocycles. The first-order valence-corrected chi connectivity index (χ1v) is 12.2. The Morgan fingerprint density at radius 3 is 2.73 bits per heavy atom. The summed E-state index contributed by atoms with van der Waals surface area (Å²) in [5, 5.41) is 3.33. The highest BCUT2D eigenvalue weighted by molar-refractivity contribution is 5.76. The van der Waals surface area contributed by atoms with Crippen molar-refractivity contribution in [3.63, 3.8) is 0 Å². The molecule has 4 rings (SSSR count). The number of benzene rings is 1. The summed E-state index contributed by atoms with van der Waals surface area (Å²) in [6.07, 6.45) is 6.41. The third-order valence-corrected chi connectivity index (χ3v) is 6.64. The number of nitrogens with zero attached hydrogens (tertiary/aromatic N) is 5. The van der Waals surface area contributed by atoms with Crippen molar-refractivity contribution in [3.05, 3.63) is 42.5 Å². The lowest BCUT2D eigenvalue weighted by molar-refractivity contribution is -0.131. The predicted octanol–water partition coefficient (Wildman–Crippen LogP) is 3.78. The fourth-order valence-electron chi connectivity index (χ4n) is 4.77. The van der Waals surface area contributed by atoms with Crippen LogP contribution in [0, 0.1) is 11.7 Å². The minimum Gasteiger partial charge on any atom is -0.370 e. The molecule has 0 bridgehead atoms. The van der Waals surface area contributed by atoms with Crippen LogP contribution in [0.5, 0.6) is 0 Å². The summed E-state index contributed by atoms with van der Waals surface area (Å²) in [4.78, 5) is 27.9. The minimum atomic E-state index is -0.198. The Bertz CT molecular complexity index is 917. The summed E-state index contributed by atoms with van der Waals surface area (Å²) in [5.74, 6) is 2.34. The van der Waals surface area contributed by atoms with Crippen molar-refractivity contribution in [1.29, 1.82) is 0 Å². The number of hydrogen-bond donors (Lipinski definition) is 1. The molecule has 7 nitrogen and oxygen atoms in total. The molecule has 0 aliphatic carbocycles. The second-order valence-electron chi connectivity index (χ2n) is 9.00. The number of piperazine rings is 1. The molecule has 1 aromatic heterocycles. The lowest BCUT2D eigenvalue weighted by atomic mass is 9.93. The Hall–Kier alpha value is -2.90. The molecule has 1 aromatic carbocycles. The van der Waals surface area contributed by atoms with Gasteiger partial charge in [0.15, 0.2) is 0 Å². The van der Waals surface area contributed by atoms with Crippen LogP contribution in [-0.4, -0.2) is 66.6 Å². The number of para-hydroxylation sites is 1. The van der Waals surface area contributed by atoms with Crippen molar-refractivity contribution < 1.29 is 9.18 Å². The summed E-state index contributed by atoms with van der Waals surface area (Å²) in [6.45, 7) is 7.60. The molecule has 178 valence electrons. The normalized spacial score (nSPS) is 19.0. The second-order valence-corrected chi connectivity index (χ2v) is 9.00. The van der Waals surface area contributed by atoms with Crippen LogP contribution in [0.1, 0.15) is 39.0 Å². The van der Waals surface area contributed by atoms with E-state index in [1.807, 2.05) is 28.0 Å². The maximum atomic E-state index is 14.1. The van der Waals surface area contributed by atoms with Gasteiger partial charge in [-0.3, -0.25) is 4.79 Å². The van der Waals surface area contributed by atoms with Gasteiger partial charge in [0.25, 0.3) is 0 Å². The van der Waals surface area contributed by atoms with E-state index in [0.717, 1.165) is 57.0 Å². The number of carbonyl (C=O) groups is 1. The Morgan fingerprint density at radius 1 is 1.12 bits per heavy atom.